The fourth-order valence-corrected chi connectivity index (χ4v) is 7.52. The molecule has 4 rings (SSSR count). The third-order valence-corrected chi connectivity index (χ3v) is 10.9. The van der Waals surface area contributed by atoms with Gasteiger partial charge in [0.1, 0.15) is 0 Å². The molecule has 0 saturated carbocycles. The van der Waals surface area contributed by atoms with Crippen LogP contribution in [0.25, 0.3) is 21.3 Å². The molecule has 1 fully saturated rings. The quantitative estimate of drug-likeness (QED) is 0.290. The smallest absolute Gasteiger partial charge is 0.250 e. The fourth-order valence-electron chi connectivity index (χ4n) is 5.25. The zero-order valence-electron chi connectivity index (χ0n) is 22.3. The van der Waals surface area contributed by atoms with Crippen molar-refractivity contribution in [2.45, 2.75) is 66.0 Å². The Balaban J connectivity index is 1.74. The minimum Gasteiger partial charge on any atom is -0.366 e. The number of fused-ring (bicyclic) bond motifs is 1. The molecular weight excluding hydrogens is 504 g/mol. The van der Waals surface area contributed by atoms with Crippen LogP contribution in [0, 0.1) is 11.8 Å². The lowest BCUT2D eigenvalue weighted by Crippen LogP contribution is -2.41. The summed E-state index contributed by atoms with van der Waals surface area (Å²) in [6.45, 7) is 10.6. The Hall–Kier alpha value is -2.20. The van der Waals surface area contributed by atoms with E-state index >= 15 is 0 Å². The molecule has 3 unspecified atom stereocenters. The van der Waals surface area contributed by atoms with Crippen LogP contribution in [0.1, 0.15) is 80.2 Å². The molecule has 1 saturated heterocycles. The monoisotopic (exact) mass is 544 g/mol. The van der Waals surface area contributed by atoms with Gasteiger partial charge < -0.3 is 16.0 Å². The van der Waals surface area contributed by atoms with Gasteiger partial charge in [-0.3, -0.25) is 4.79 Å². The maximum atomic E-state index is 13.0. The minimum absolute atomic E-state index is 0.0729. The van der Waals surface area contributed by atoms with Gasteiger partial charge in [-0.25, -0.2) is 8.42 Å². The van der Waals surface area contributed by atoms with Crippen molar-refractivity contribution in [2.75, 3.05) is 18.8 Å². The molecule has 0 radical (unpaired) electrons. The molecular formula is C28H40N4O3S2. The first-order valence-electron chi connectivity index (χ1n) is 13.4. The summed E-state index contributed by atoms with van der Waals surface area (Å²) in [4.78, 5) is 18.0. The van der Waals surface area contributed by atoms with E-state index in [-0.39, 0.29) is 11.8 Å². The van der Waals surface area contributed by atoms with Crippen molar-refractivity contribution in [2.24, 2.45) is 17.6 Å². The van der Waals surface area contributed by atoms with E-state index < -0.39 is 15.9 Å². The van der Waals surface area contributed by atoms with Gasteiger partial charge in [-0.15, -0.1) is 11.3 Å². The Morgan fingerprint density at radius 2 is 2.05 bits per heavy atom. The molecule has 1 aliphatic heterocycles. The van der Waals surface area contributed by atoms with Crippen LogP contribution in [0.4, 0.5) is 0 Å². The first-order valence-corrected chi connectivity index (χ1v) is 15.8. The highest BCUT2D eigenvalue weighted by atomic mass is 32.2. The predicted molar refractivity (Wildman–Crippen MR) is 153 cm³/mol. The number of hydrogen-bond donors (Lipinski definition) is 3. The van der Waals surface area contributed by atoms with Gasteiger partial charge in [0.25, 0.3) is 5.91 Å². The van der Waals surface area contributed by atoms with E-state index in [1.165, 1.54) is 4.88 Å². The molecule has 0 bridgehead atoms. The molecule has 0 spiro atoms. The maximum Gasteiger partial charge on any atom is 0.250 e. The molecule has 7 nitrogen and oxygen atoms in total. The first-order chi connectivity index (χ1) is 17.7. The van der Waals surface area contributed by atoms with E-state index in [0.29, 0.717) is 29.5 Å². The zero-order chi connectivity index (χ0) is 26.7. The number of hydrogen-bond acceptors (Lipinski definition) is 5. The summed E-state index contributed by atoms with van der Waals surface area (Å²) < 4.78 is 27.8. The molecule has 3 heterocycles. The van der Waals surface area contributed by atoms with Crippen molar-refractivity contribution in [3.63, 3.8) is 0 Å². The van der Waals surface area contributed by atoms with Gasteiger partial charge in [0.15, 0.2) is 0 Å². The SMILES string of the molecule is CCC(C)CNCc1ccc(-c2cc(C(N)=O)c3[nH]cc(C4CC(CC)CCN4S(=O)(=O)CC)c3c2)s1. The van der Waals surface area contributed by atoms with Crippen LogP contribution in [0.2, 0.25) is 0 Å². The zero-order valence-corrected chi connectivity index (χ0v) is 24.0. The fraction of sp³-hybridized carbons (Fsp3) is 0.536. The molecule has 1 aliphatic rings. The molecule has 1 aromatic carbocycles. The molecule has 4 N–H and O–H groups in total. The number of piperidine rings is 1. The lowest BCUT2D eigenvalue weighted by atomic mass is 9.86. The van der Waals surface area contributed by atoms with E-state index in [4.69, 9.17) is 5.73 Å². The Bertz CT molecular complexity index is 1340. The number of sulfonamides is 1. The minimum atomic E-state index is -3.38. The molecule has 3 atom stereocenters. The van der Waals surface area contributed by atoms with Crippen molar-refractivity contribution in [1.29, 1.82) is 0 Å². The van der Waals surface area contributed by atoms with E-state index in [0.717, 1.165) is 60.2 Å². The highest BCUT2D eigenvalue weighted by molar-refractivity contribution is 7.89. The summed E-state index contributed by atoms with van der Waals surface area (Å²) in [7, 11) is -3.38. The van der Waals surface area contributed by atoms with E-state index in [9.17, 15) is 13.2 Å². The number of primary amides is 1. The summed E-state index contributed by atoms with van der Waals surface area (Å²) >= 11 is 1.70. The number of nitrogens with two attached hydrogens (primary N) is 1. The highest BCUT2D eigenvalue weighted by Gasteiger charge is 2.37. The number of rotatable bonds is 11. The highest BCUT2D eigenvalue weighted by Crippen LogP contribution is 2.42. The van der Waals surface area contributed by atoms with Crippen LogP contribution in [-0.4, -0.2) is 42.5 Å². The number of H-pyrrole nitrogens is 1. The first kappa shape index (κ1) is 27.8. The van der Waals surface area contributed by atoms with Gasteiger partial charge in [0.05, 0.1) is 22.9 Å². The van der Waals surface area contributed by atoms with Crippen molar-refractivity contribution < 1.29 is 13.2 Å². The van der Waals surface area contributed by atoms with E-state index in [1.807, 2.05) is 12.3 Å². The number of nitrogens with zero attached hydrogens (tertiary/aromatic N) is 1. The van der Waals surface area contributed by atoms with Gasteiger partial charge in [-0.1, -0.05) is 33.6 Å². The number of benzene rings is 1. The number of carbonyl (C=O) groups excluding carboxylic acids is 1. The van der Waals surface area contributed by atoms with Gasteiger partial charge in [-0.2, -0.15) is 4.31 Å². The number of nitrogens with one attached hydrogen (secondary N) is 2. The summed E-state index contributed by atoms with van der Waals surface area (Å²) in [5.74, 6) is 0.666. The molecule has 0 aliphatic carbocycles. The van der Waals surface area contributed by atoms with Gasteiger partial charge in [0.2, 0.25) is 10.0 Å². The van der Waals surface area contributed by atoms with Crippen LogP contribution >= 0.6 is 11.3 Å². The number of carbonyl (C=O) groups is 1. The summed E-state index contributed by atoms with van der Waals surface area (Å²) in [6, 6.07) is 7.88. The van der Waals surface area contributed by atoms with E-state index in [1.54, 1.807) is 22.6 Å². The van der Waals surface area contributed by atoms with Crippen molar-refractivity contribution >= 4 is 38.2 Å². The number of amides is 1. The second-order valence-electron chi connectivity index (χ2n) is 10.3. The molecule has 202 valence electrons. The molecule has 9 heteroatoms. The number of thiophene rings is 1. The van der Waals surface area contributed by atoms with Crippen LogP contribution in [0.15, 0.2) is 30.5 Å². The second-order valence-corrected chi connectivity index (χ2v) is 13.7. The molecule has 1 amide bonds. The van der Waals surface area contributed by atoms with Crippen LogP contribution in [0.5, 0.6) is 0 Å². The number of aromatic amines is 1. The lowest BCUT2D eigenvalue weighted by Gasteiger charge is -2.38. The second kappa shape index (κ2) is 11.7. The Morgan fingerprint density at radius 3 is 2.73 bits per heavy atom. The van der Waals surface area contributed by atoms with Gasteiger partial charge >= 0.3 is 0 Å². The third-order valence-electron chi connectivity index (χ3n) is 7.84. The van der Waals surface area contributed by atoms with Crippen LogP contribution < -0.4 is 11.1 Å². The summed E-state index contributed by atoms with van der Waals surface area (Å²) in [5, 5.41) is 4.40. The van der Waals surface area contributed by atoms with Crippen molar-refractivity contribution in [1.82, 2.24) is 14.6 Å². The Labute approximate surface area is 224 Å². The standard InChI is InChI=1S/C28H40N4O3S2/c1-5-18(4)15-30-16-21-8-9-26(36-21)20-13-22-24(17-31-27(22)23(14-20)28(29)33)25-12-19(6-2)10-11-32(25)37(34,35)7-3/h8-9,13-14,17-19,25,30-31H,5-7,10-12,15-16H2,1-4H3,(H2,29,33). The van der Waals surface area contributed by atoms with Crippen molar-refractivity contribution in [3.8, 4) is 10.4 Å². The molecule has 37 heavy (non-hydrogen) atoms. The van der Waals surface area contributed by atoms with E-state index in [2.05, 4.69) is 49.3 Å². The average Bonchev–Trinajstić information content (AvgIpc) is 3.54. The molecule has 2 aromatic heterocycles. The van der Waals surface area contributed by atoms with Gasteiger partial charge in [-0.05, 0) is 73.5 Å². The summed E-state index contributed by atoms with van der Waals surface area (Å²) in [5.41, 5.74) is 8.76. The predicted octanol–water partition coefficient (Wildman–Crippen LogP) is 5.64. The lowest BCUT2D eigenvalue weighted by molar-refractivity contribution is 0.100. The van der Waals surface area contributed by atoms with Gasteiger partial charge in [0, 0.05) is 34.4 Å². The Kier molecular flexibility index (Phi) is 8.78. The summed E-state index contributed by atoms with van der Waals surface area (Å²) in [6.07, 6.45) is 5.67. The Morgan fingerprint density at radius 1 is 1.27 bits per heavy atom. The number of aromatic nitrogens is 1. The maximum absolute atomic E-state index is 13.0. The van der Waals surface area contributed by atoms with Crippen LogP contribution in [0.3, 0.4) is 0 Å². The van der Waals surface area contributed by atoms with Crippen LogP contribution in [-0.2, 0) is 16.6 Å². The molecule has 3 aromatic rings. The normalized spacial score (nSPS) is 19.9. The average molecular weight is 545 g/mol. The topological polar surface area (TPSA) is 108 Å². The largest absolute Gasteiger partial charge is 0.366 e. The van der Waals surface area contributed by atoms with Crippen molar-refractivity contribution in [3.05, 3.63) is 46.5 Å². The third kappa shape index (κ3) is 5.95.